The Morgan fingerprint density at radius 2 is 1.61 bits per heavy atom. The Morgan fingerprint density at radius 1 is 0.909 bits per heavy atom. The molecule has 0 N–H and O–H groups in total. The van der Waals surface area contributed by atoms with Gasteiger partial charge in [-0.05, 0) is 48.9 Å². The Balaban J connectivity index is 1.89. The van der Waals surface area contributed by atoms with Crippen LogP contribution < -0.4 is 14.4 Å². The summed E-state index contributed by atoms with van der Waals surface area (Å²) in [5, 5.41) is 0. The lowest BCUT2D eigenvalue weighted by Gasteiger charge is -2.25. The number of rotatable bonds is 10. The number of likely N-dealkylation sites (N-methyl/N-ethyl adjacent to an activating group) is 1. The van der Waals surface area contributed by atoms with Crippen LogP contribution in [-0.4, -0.2) is 45.9 Å². The predicted octanol–water partition coefficient (Wildman–Crippen LogP) is 3.95. The number of hydrogen-bond acceptors (Lipinski definition) is 5. The number of hydrogen-bond donors (Lipinski definition) is 0. The minimum Gasteiger partial charge on any atom is -0.497 e. The molecule has 3 aromatic rings. The zero-order chi connectivity index (χ0) is 23.8. The number of carbonyl (C=O) groups is 1. The van der Waals surface area contributed by atoms with Gasteiger partial charge in [0, 0.05) is 25.3 Å². The van der Waals surface area contributed by atoms with Crippen LogP contribution in [0, 0.1) is 0 Å². The number of amides is 1. The van der Waals surface area contributed by atoms with Gasteiger partial charge in [0.25, 0.3) is 0 Å². The van der Waals surface area contributed by atoms with Crippen molar-refractivity contribution in [1.82, 2.24) is 4.31 Å². The summed E-state index contributed by atoms with van der Waals surface area (Å²) in [5.74, 6) is 0.823. The predicted molar refractivity (Wildman–Crippen MR) is 128 cm³/mol. The third-order valence-electron chi connectivity index (χ3n) is 5.10. The van der Waals surface area contributed by atoms with Crippen LogP contribution >= 0.6 is 0 Å². The van der Waals surface area contributed by atoms with Crippen LogP contribution in [0.15, 0.2) is 83.8 Å². The van der Waals surface area contributed by atoms with Crippen LogP contribution in [0.4, 0.5) is 5.69 Å². The molecule has 0 spiro atoms. The van der Waals surface area contributed by atoms with E-state index in [0.29, 0.717) is 23.8 Å². The summed E-state index contributed by atoms with van der Waals surface area (Å²) in [6.07, 6.45) is 0. The first-order valence-corrected chi connectivity index (χ1v) is 12.0. The van der Waals surface area contributed by atoms with Crippen molar-refractivity contribution in [3.63, 3.8) is 0 Å². The van der Waals surface area contributed by atoms with E-state index >= 15 is 0 Å². The van der Waals surface area contributed by atoms with Crippen molar-refractivity contribution in [1.29, 1.82) is 0 Å². The van der Waals surface area contributed by atoms with Crippen molar-refractivity contribution in [2.75, 3.05) is 32.2 Å². The van der Waals surface area contributed by atoms with E-state index < -0.39 is 10.0 Å². The highest BCUT2D eigenvalue weighted by atomic mass is 32.2. The highest BCUT2D eigenvalue weighted by Gasteiger charge is 2.28. The number of anilines is 1. The molecule has 1 amide bonds. The minimum atomic E-state index is -3.95. The number of benzene rings is 3. The molecular weight excluding hydrogens is 440 g/mol. The van der Waals surface area contributed by atoms with Crippen molar-refractivity contribution in [3.8, 4) is 11.5 Å². The fourth-order valence-electron chi connectivity index (χ4n) is 3.26. The maximum Gasteiger partial charge on any atom is 0.243 e. The lowest BCUT2D eigenvalue weighted by molar-refractivity contribution is -0.118. The summed E-state index contributed by atoms with van der Waals surface area (Å²) < 4.78 is 38.8. The molecule has 0 radical (unpaired) electrons. The van der Waals surface area contributed by atoms with E-state index in [1.165, 1.54) is 21.3 Å². The van der Waals surface area contributed by atoms with Crippen LogP contribution in [0.1, 0.15) is 12.5 Å². The molecule has 7 nitrogen and oxygen atoms in total. The normalized spacial score (nSPS) is 11.3. The summed E-state index contributed by atoms with van der Waals surface area (Å²) in [6, 6.07) is 22.4. The van der Waals surface area contributed by atoms with Crippen molar-refractivity contribution in [2.24, 2.45) is 0 Å². The van der Waals surface area contributed by atoms with Crippen LogP contribution in [0.3, 0.4) is 0 Å². The summed E-state index contributed by atoms with van der Waals surface area (Å²) in [5.41, 5.74) is 1.39. The Morgan fingerprint density at radius 3 is 2.24 bits per heavy atom. The van der Waals surface area contributed by atoms with E-state index in [1.807, 2.05) is 37.3 Å². The van der Waals surface area contributed by atoms with Gasteiger partial charge in [-0.3, -0.25) is 4.79 Å². The lowest BCUT2D eigenvalue weighted by Crippen LogP contribution is -2.41. The van der Waals surface area contributed by atoms with Crippen LogP contribution in [0.5, 0.6) is 11.5 Å². The molecule has 0 fully saturated rings. The molecule has 3 rings (SSSR count). The van der Waals surface area contributed by atoms with Crippen LogP contribution in [0.2, 0.25) is 0 Å². The second-order valence-electron chi connectivity index (χ2n) is 7.32. The Hall–Kier alpha value is -3.36. The van der Waals surface area contributed by atoms with Crippen molar-refractivity contribution in [2.45, 2.75) is 18.4 Å². The molecule has 0 aliphatic heterocycles. The summed E-state index contributed by atoms with van der Waals surface area (Å²) >= 11 is 0. The highest BCUT2D eigenvalue weighted by molar-refractivity contribution is 7.89. The second kappa shape index (κ2) is 11.0. The highest BCUT2D eigenvalue weighted by Crippen LogP contribution is 2.24. The van der Waals surface area contributed by atoms with E-state index in [1.54, 1.807) is 50.6 Å². The number of ether oxygens (including phenoxy) is 2. The summed E-state index contributed by atoms with van der Waals surface area (Å²) in [6.45, 7) is 2.08. The van der Waals surface area contributed by atoms with E-state index in [2.05, 4.69) is 0 Å². The average molecular weight is 469 g/mol. The van der Waals surface area contributed by atoms with Crippen molar-refractivity contribution >= 4 is 21.6 Å². The average Bonchev–Trinajstić information content (AvgIpc) is 2.84. The van der Waals surface area contributed by atoms with E-state index in [9.17, 15) is 13.2 Å². The molecule has 3 aromatic carbocycles. The maximum absolute atomic E-state index is 13.5. The molecule has 0 aliphatic rings. The molecule has 0 saturated heterocycles. The van der Waals surface area contributed by atoms with Gasteiger partial charge in [0.15, 0.2) is 0 Å². The number of nitrogens with zero attached hydrogens (tertiary/aromatic N) is 2. The third kappa shape index (κ3) is 6.12. The van der Waals surface area contributed by atoms with Gasteiger partial charge in [-0.2, -0.15) is 4.31 Å². The fraction of sp³-hybridized carbons (Fsp3) is 0.240. The SMILES string of the molecule is CCOc1ccc(S(=O)(=O)N(CC(=O)N(C)c2cccc(OC)c2)Cc2ccccc2)cc1. The maximum atomic E-state index is 13.5. The number of sulfonamides is 1. The zero-order valence-corrected chi connectivity index (χ0v) is 19.8. The van der Waals surface area contributed by atoms with E-state index in [-0.39, 0.29) is 23.9 Å². The molecular formula is C25H28N2O5S. The molecule has 0 aliphatic carbocycles. The van der Waals surface area contributed by atoms with Crippen molar-refractivity contribution in [3.05, 3.63) is 84.4 Å². The monoisotopic (exact) mass is 468 g/mol. The van der Waals surface area contributed by atoms with Crippen LogP contribution in [-0.2, 0) is 21.4 Å². The molecule has 174 valence electrons. The van der Waals surface area contributed by atoms with Gasteiger partial charge in [-0.25, -0.2) is 8.42 Å². The summed E-state index contributed by atoms with van der Waals surface area (Å²) in [7, 11) is -0.789. The molecule has 0 saturated carbocycles. The Labute approximate surface area is 195 Å². The van der Waals surface area contributed by atoms with E-state index in [0.717, 1.165) is 5.56 Å². The zero-order valence-electron chi connectivity index (χ0n) is 19.0. The molecule has 8 heteroatoms. The quantitative estimate of drug-likeness (QED) is 0.450. The molecule has 0 unspecified atom stereocenters. The van der Waals surface area contributed by atoms with Gasteiger partial charge < -0.3 is 14.4 Å². The molecule has 0 bridgehead atoms. The largest absolute Gasteiger partial charge is 0.497 e. The molecule has 0 heterocycles. The van der Waals surface area contributed by atoms with Gasteiger partial charge in [-0.1, -0.05) is 36.4 Å². The standard InChI is InChI=1S/C25H28N2O5S/c1-4-32-22-13-15-24(16-14-22)33(29,30)27(18-20-9-6-5-7-10-20)19-25(28)26(2)21-11-8-12-23(17-21)31-3/h5-17H,4,18-19H2,1-3H3. The second-order valence-corrected chi connectivity index (χ2v) is 9.26. The smallest absolute Gasteiger partial charge is 0.243 e. The van der Waals surface area contributed by atoms with E-state index in [4.69, 9.17) is 9.47 Å². The van der Waals surface area contributed by atoms with Crippen LogP contribution in [0.25, 0.3) is 0 Å². The van der Waals surface area contributed by atoms with Gasteiger partial charge in [0.1, 0.15) is 11.5 Å². The first-order valence-electron chi connectivity index (χ1n) is 10.5. The van der Waals surface area contributed by atoms with Gasteiger partial charge in [-0.15, -0.1) is 0 Å². The molecule has 33 heavy (non-hydrogen) atoms. The topological polar surface area (TPSA) is 76.2 Å². The summed E-state index contributed by atoms with van der Waals surface area (Å²) in [4.78, 5) is 14.6. The van der Waals surface area contributed by atoms with Crippen molar-refractivity contribution < 1.29 is 22.7 Å². The third-order valence-corrected chi connectivity index (χ3v) is 6.91. The lowest BCUT2D eigenvalue weighted by atomic mass is 10.2. The number of carbonyl (C=O) groups excluding carboxylic acids is 1. The van der Waals surface area contributed by atoms with Gasteiger partial charge >= 0.3 is 0 Å². The number of methoxy groups -OCH3 is 1. The Kier molecular flexibility index (Phi) is 8.08. The van der Waals surface area contributed by atoms with Gasteiger partial charge in [0.05, 0.1) is 25.2 Å². The first kappa shape index (κ1) is 24.3. The van der Waals surface area contributed by atoms with Gasteiger partial charge in [0.2, 0.25) is 15.9 Å². The Bertz CT molecular complexity index is 1160. The fourth-order valence-corrected chi connectivity index (χ4v) is 4.63. The minimum absolute atomic E-state index is 0.0636. The molecule has 0 atom stereocenters. The first-order chi connectivity index (χ1) is 15.8. The molecule has 0 aromatic heterocycles.